The highest BCUT2D eigenvalue weighted by atomic mass is 16.5. The quantitative estimate of drug-likeness (QED) is 0.619. The number of nitrogens with two attached hydrogens (primary N) is 1. The average molecular weight is 282 g/mol. The molecule has 0 aliphatic rings. The standard InChI is InChI=1S/C14H22N2O4/c1-18-7-8-20-10-12-3-2-4-13(9-12)16-14(17)11-19-6-5-15/h2-4,9H,5-8,10-11,15H2,1H3,(H,16,17). The third-order valence-electron chi connectivity index (χ3n) is 2.41. The first kappa shape index (κ1) is 16.6. The van der Waals surface area contributed by atoms with Crippen LogP contribution in [0.15, 0.2) is 24.3 Å². The molecule has 1 aromatic carbocycles. The first-order chi connectivity index (χ1) is 9.76. The van der Waals surface area contributed by atoms with Gasteiger partial charge in [-0.1, -0.05) is 12.1 Å². The van der Waals surface area contributed by atoms with Crippen LogP contribution in [0.1, 0.15) is 5.56 Å². The third-order valence-corrected chi connectivity index (χ3v) is 2.41. The molecule has 1 aromatic rings. The number of hydrogen-bond acceptors (Lipinski definition) is 5. The summed E-state index contributed by atoms with van der Waals surface area (Å²) in [6.45, 7) is 2.37. The van der Waals surface area contributed by atoms with Crippen LogP contribution in [0.25, 0.3) is 0 Å². The highest BCUT2D eigenvalue weighted by molar-refractivity contribution is 5.91. The number of rotatable bonds is 10. The molecule has 0 heterocycles. The van der Waals surface area contributed by atoms with Crippen molar-refractivity contribution in [1.82, 2.24) is 0 Å². The predicted molar refractivity (Wildman–Crippen MR) is 76.5 cm³/mol. The molecule has 1 amide bonds. The molecule has 0 aromatic heterocycles. The van der Waals surface area contributed by atoms with Crippen LogP contribution in [0.5, 0.6) is 0 Å². The van der Waals surface area contributed by atoms with Gasteiger partial charge in [-0.15, -0.1) is 0 Å². The van der Waals surface area contributed by atoms with Crippen LogP contribution in [0, 0.1) is 0 Å². The van der Waals surface area contributed by atoms with Gasteiger partial charge < -0.3 is 25.3 Å². The predicted octanol–water partition coefficient (Wildman–Crippen LogP) is 0.763. The lowest BCUT2D eigenvalue weighted by Gasteiger charge is -2.08. The minimum absolute atomic E-state index is 0.00572. The SMILES string of the molecule is COCCOCc1cccc(NC(=O)COCCN)c1. The maximum Gasteiger partial charge on any atom is 0.250 e. The molecule has 1 rings (SSSR count). The van der Waals surface area contributed by atoms with Gasteiger partial charge in [-0.3, -0.25) is 4.79 Å². The van der Waals surface area contributed by atoms with Crippen LogP contribution < -0.4 is 11.1 Å². The summed E-state index contributed by atoms with van der Waals surface area (Å²) in [5, 5.41) is 2.76. The Morgan fingerprint density at radius 2 is 2.10 bits per heavy atom. The van der Waals surface area contributed by atoms with E-state index in [2.05, 4.69) is 5.32 Å². The summed E-state index contributed by atoms with van der Waals surface area (Å²) in [4.78, 5) is 11.6. The van der Waals surface area contributed by atoms with Crippen molar-refractivity contribution in [1.29, 1.82) is 0 Å². The van der Waals surface area contributed by atoms with Crippen molar-refractivity contribution >= 4 is 11.6 Å². The monoisotopic (exact) mass is 282 g/mol. The van der Waals surface area contributed by atoms with Crippen molar-refractivity contribution in [2.75, 3.05) is 45.4 Å². The summed E-state index contributed by atoms with van der Waals surface area (Å²) in [5.41, 5.74) is 6.98. The number of ether oxygens (including phenoxy) is 3. The van der Waals surface area contributed by atoms with Gasteiger partial charge >= 0.3 is 0 Å². The number of carbonyl (C=O) groups is 1. The molecule has 0 spiro atoms. The minimum Gasteiger partial charge on any atom is -0.382 e. The van der Waals surface area contributed by atoms with Gasteiger partial charge in [0.25, 0.3) is 0 Å². The molecule has 6 nitrogen and oxygen atoms in total. The van der Waals surface area contributed by atoms with E-state index < -0.39 is 0 Å². The third kappa shape index (κ3) is 7.20. The van der Waals surface area contributed by atoms with Gasteiger partial charge in [0.1, 0.15) is 6.61 Å². The largest absolute Gasteiger partial charge is 0.382 e. The number of benzene rings is 1. The summed E-state index contributed by atoms with van der Waals surface area (Å²) in [7, 11) is 1.63. The summed E-state index contributed by atoms with van der Waals surface area (Å²) in [6.07, 6.45) is 0. The summed E-state index contributed by atoms with van der Waals surface area (Å²) >= 11 is 0. The number of anilines is 1. The van der Waals surface area contributed by atoms with E-state index >= 15 is 0 Å². The van der Waals surface area contributed by atoms with E-state index in [4.69, 9.17) is 19.9 Å². The summed E-state index contributed by atoms with van der Waals surface area (Å²) in [6, 6.07) is 7.49. The van der Waals surface area contributed by atoms with Gasteiger partial charge in [0.15, 0.2) is 0 Å². The van der Waals surface area contributed by atoms with Crippen molar-refractivity contribution in [3.8, 4) is 0 Å². The maximum atomic E-state index is 11.6. The molecule has 20 heavy (non-hydrogen) atoms. The van der Waals surface area contributed by atoms with Crippen molar-refractivity contribution in [3.63, 3.8) is 0 Å². The summed E-state index contributed by atoms with van der Waals surface area (Å²) in [5.74, 6) is -0.198. The van der Waals surface area contributed by atoms with E-state index in [9.17, 15) is 4.79 Å². The van der Waals surface area contributed by atoms with Gasteiger partial charge in [0.05, 0.1) is 26.4 Å². The van der Waals surface area contributed by atoms with E-state index in [0.29, 0.717) is 33.0 Å². The van der Waals surface area contributed by atoms with Crippen LogP contribution in [-0.4, -0.2) is 46.0 Å². The van der Waals surface area contributed by atoms with E-state index in [1.165, 1.54) is 0 Å². The first-order valence-electron chi connectivity index (χ1n) is 6.49. The van der Waals surface area contributed by atoms with Crippen molar-refractivity contribution in [3.05, 3.63) is 29.8 Å². The zero-order valence-electron chi connectivity index (χ0n) is 11.8. The lowest BCUT2D eigenvalue weighted by Crippen LogP contribution is -2.20. The molecule has 0 saturated carbocycles. The van der Waals surface area contributed by atoms with Crippen LogP contribution in [0.4, 0.5) is 5.69 Å². The zero-order chi connectivity index (χ0) is 14.6. The number of amides is 1. The average Bonchev–Trinajstić information content (AvgIpc) is 2.44. The van der Waals surface area contributed by atoms with Gasteiger partial charge in [-0.05, 0) is 17.7 Å². The molecule has 0 unspecified atom stereocenters. The topological polar surface area (TPSA) is 82.8 Å². The minimum atomic E-state index is -0.198. The number of nitrogens with one attached hydrogen (secondary N) is 1. The molecule has 112 valence electrons. The smallest absolute Gasteiger partial charge is 0.250 e. The molecular formula is C14H22N2O4. The molecule has 0 aliphatic carbocycles. The van der Waals surface area contributed by atoms with E-state index in [1.54, 1.807) is 7.11 Å². The van der Waals surface area contributed by atoms with Gasteiger partial charge in [0, 0.05) is 19.3 Å². The Balaban J connectivity index is 2.36. The van der Waals surface area contributed by atoms with E-state index in [1.807, 2.05) is 24.3 Å². The summed E-state index contributed by atoms with van der Waals surface area (Å²) < 4.78 is 15.4. The molecule has 3 N–H and O–H groups in total. The van der Waals surface area contributed by atoms with Crippen molar-refractivity contribution in [2.45, 2.75) is 6.61 Å². The number of carbonyl (C=O) groups excluding carboxylic acids is 1. The van der Waals surface area contributed by atoms with Gasteiger partial charge in [0.2, 0.25) is 5.91 Å². The second-order valence-corrected chi connectivity index (χ2v) is 4.14. The Bertz CT molecular complexity index is 399. The van der Waals surface area contributed by atoms with Crippen LogP contribution >= 0.6 is 0 Å². The Morgan fingerprint density at radius 3 is 2.85 bits per heavy atom. The zero-order valence-corrected chi connectivity index (χ0v) is 11.8. The lowest BCUT2D eigenvalue weighted by molar-refractivity contribution is -0.120. The highest BCUT2D eigenvalue weighted by Crippen LogP contribution is 2.11. The molecule has 0 atom stereocenters. The van der Waals surface area contributed by atoms with Crippen molar-refractivity contribution in [2.24, 2.45) is 5.73 Å². The van der Waals surface area contributed by atoms with Crippen LogP contribution in [-0.2, 0) is 25.6 Å². The first-order valence-corrected chi connectivity index (χ1v) is 6.49. The molecular weight excluding hydrogens is 260 g/mol. The van der Waals surface area contributed by atoms with E-state index in [0.717, 1.165) is 11.3 Å². The number of hydrogen-bond donors (Lipinski definition) is 2. The molecule has 6 heteroatoms. The Kier molecular flexibility index (Phi) is 8.57. The fourth-order valence-electron chi connectivity index (χ4n) is 1.52. The molecule has 0 fully saturated rings. The van der Waals surface area contributed by atoms with E-state index in [-0.39, 0.29) is 12.5 Å². The Hall–Kier alpha value is -1.47. The number of methoxy groups -OCH3 is 1. The lowest BCUT2D eigenvalue weighted by atomic mass is 10.2. The maximum absolute atomic E-state index is 11.6. The normalized spacial score (nSPS) is 10.5. The van der Waals surface area contributed by atoms with Crippen LogP contribution in [0.2, 0.25) is 0 Å². The second-order valence-electron chi connectivity index (χ2n) is 4.14. The molecule has 0 aliphatic heterocycles. The Labute approximate surface area is 119 Å². The molecule has 0 bridgehead atoms. The fourth-order valence-corrected chi connectivity index (χ4v) is 1.52. The fraction of sp³-hybridized carbons (Fsp3) is 0.500. The molecule has 0 saturated heterocycles. The highest BCUT2D eigenvalue weighted by Gasteiger charge is 2.03. The van der Waals surface area contributed by atoms with Gasteiger partial charge in [-0.2, -0.15) is 0 Å². The van der Waals surface area contributed by atoms with Crippen molar-refractivity contribution < 1.29 is 19.0 Å². The Morgan fingerprint density at radius 1 is 1.25 bits per heavy atom. The second kappa shape index (κ2) is 10.3. The molecule has 0 radical (unpaired) electrons. The van der Waals surface area contributed by atoms with Crippen LogP contribution in [0.3, 0.4) is 0 Å². The van der Waals surface area contributed by atoms with Gasteiger partial charge in [-0.25, -0.2) is 0 Å².